The van der Waals surface area contributed by atoms with E-state index in [-0.39, 0.29) is 5.41 Å². The quantitative estimate of drug-likeness (QED) is 0.867. The number of rotatable bonds is 3. The summed E-state index contributed by atoms with van der Waals surface area (Å²) in [4.78, 5) is 0. The maximum absolute atomic E-state index is 6.10. The van der Waals surface area contributed by atoms with E-state index in [1.807, 2.05) is 0 Å². The third-order valence-corrected chi connectivity index (χ3v) is 5.07. The third-order valence-electron chi connectivity index (χ3n) is 5.07. The van der Waals surface area contributed by atoms with Gasteiger partial charge in [0.2, 0.25) is 0 Å². The molecular weight excluding hydrogens is 210 g/mol. The molecule has 3 rings (SSSR count). The minimum Gasteiger partial charge on any atom is -0.379 e. The Bertz CT molecular complexity index is 413. The molecule has 17 heavy (non-hydrogen) atoms. The van der Waals surface area contributed by atoms with E-state index in [4.69, 9.17) is 10.5 Å². The first-order chi connectivity index (χ1) is 8.24. The first-order valence-electron chi connectivity index (χ1n) is 6.58. The zero-order valence-corrected chi connectivity index (χ0v) is 10.5. The molecule has 1 aliphatic heterocycles. The predicted octanol–water partition coefficient (Wildman–Crippen LogP) is 2.39. The molecule has 0 amide bonds. The second-order valence-corrected chi connectivity index (χ2v) is 5.73. The zero-order chi connectivity index (χ0) is 11.9. The topological polar surface area (TPSA) is 35.2 Å². The molecule has 0 aromatic heterocycles. The van der Waals surface area contributed by atoms with Crippen LogP contribution in [0, 0.1) is 12.3 Å². The average Bonchev–Trinajstić information content (AvgIpc) is 2.22. The fourth-order valence-electron chi connectivity index (χ4n) is 3.64. The van der Waals surface area contributed by atoms with Gasteiger partial charge >= 0.3 is 0 Å². The standard InChI is InChI=1S/C15H21NO/c1-12-5-2-3-6-13(12)15(10-17-11-15)14(9-16)7-4-8-14/h2-3,5-6H,4,7-11,16H2,1H3. The predicted molar refractivity (Wildman–Crippen MR) is 69.0 cm³/mol. The van der Waals surface area contributed by atoms with Crippen LogP contribution in [0.15, 0.2) is 24.3 Å². The van der Waals surface area contributed by atoms with Crippen LogP contribution >= 0.6 is 0 Å². The van der Waals surface area contributed by atoms with E-state index < -0.39 is 0 Å². The molecule has 0 bridgehead atoms. The highest BCUT2D eigenvalue weighted by molar-refractivity contribution is 5.39. The van der Waals surface area contributed by atoms with Crippen molar-refractivity contribution in [2.75, 3.05) is 19.8 Å². The highest BCUT2D eigenvalue weighted by Gasteiger charge is 2.59. The highest BCUT2D eigenvalue weighted by atomic mass is 16.5. The minimum atomic E-state index is 0.200. The van der Waals surface area contributed by atoms with Gasteiger partial charge in [-0.25, -0.2) is 0 Å². The van der Waals surface area contributed by atoms with Gasteiger partial charge in [0.25, 0.3) is 0 Å². The normalized spacial score (nSPS) is 24.8. The maximum atomic E-state index is 6.10. The number of ether oxygens (including phenoxy) is 1. The van der Waals surface area contributed by atoms with Gasteiger partial charge in [0.1, 0.15) is 0 Å². The van der Waals surface area contributed by atoms with Crippen LogP contribution in [-0.4, -0.2) is 19.8 Å². The van der Waals surface area contributed by atoms with Crippen molar-refractivity contribution in [3.05, 3.63) is 35.4 Å². The van der Waals surface area contributed by atoms with Crippen molar-refractivity contribution in [3.8, 4) is 0 Å². The van der Waals surface area contributed by atoms with Gasteiger partial charge in [0.15, 0.2) is 0 Å². The van der Waals surface area contributed by atoms with E-state index in [2.05, 4.69) is 31.2 Å². The lowest BCUT2D eigenvalue weighted by molar-refractivity contribution is -0.154. The first kappa shape index (κ1) is 11.2. The summed E-state index contributed by atoms with van der Waals surface area (Å²) in [7, 11) is 0. The summed E-state index contributed by atoms with van der Waals surface area (Å²) in [6, 6.07) is 8.74. The minimum absolute atomic E-state index is 0.200. The Balaban J connectivity index is 2.06. The van der Waals surface area contributed by atoms with Crippen LogP contribution in [0.2, 0.25) is 0 Å². The van der Waals surface area contributed by atoms with Gasteiger partial charge in [-0.2, -0.15) is 0 Å². The van der Waals surface area contributed by atoms with E-state index in [0.29, 0.717) is 5.41 Å². The van der Waals surface area contributed by atoms with Gasteiger partial charge in [-0.3, -0.25) is 0 Å². The SMILES string of the molecule is Cc1ccccc1C1(C2(CN)CCC2)COC1. The van der Waals surface area contributed by atoms with E-state index in [1.165, 1.54) is 30.4 Å². The molecule has 2 nitrogen and oxygen atoms in total. The number of hydrogen-bond donors (Lipinski definition) is 1. The molecular formula is C15H21NO. The average molecular weight is 231 g/mol. The number of aryl methyl sites for hydroxylation is 1. The second-order valence-electron chi connectivity index (χ2n) is 5.73. The number of hydrogen-bond acceptors (Lipinski definition) is 2. The zero-order valence-electron chi connectivity index (χ0n) is 10.5. The number of benzene rings is 1. The molecule has 1 aromatic rings. The summed E-state index contributed by atoms with van der Waals surface area (Å²) < 4.78 is 5.58. The van der Waals surface area contributed by atoms with Gasteiger partial charge in [0, 0.05) is 5.41 Å². The third kappa shape index (κ3) is 1.34. The summed E-state index contributed by atoms with van der Waals surface area (Å²) in [6.45, 7) is 4.72. The van der Waals surface area contributed by atoms with Gasteiger partial charge in [-0.1, -0.05) is 30.7 Å². The molecule has 1 heterocycles. The Morgan fingerprint density at radius 3 is 2.35 bits per heavy atom. The van der Waals surface area contributed by atoms with Crippen LogP contribution in [0.3, 0.4) is 0 Å². The van der Waals surface area contributed by atoms with Gasteiger partial charge in [-0.05, 0) is 42.9 Å². The Morgan fingerprint density at radius 1 is 1.24 bits per heavy atom. The Labute approximate surface area is 103 Å². The summed E-state index contributed by atoms with van der Waals surface area (Å²) in [6.07, 6.45) is 3.85. The van der Waals surface area contributed by atoms with Crippen LogP contribution in [0.1, 0.15) is 30.4 Å². The van der Waals surface area contributed by atoms with Crippen LogP contribution in [-0.2, 0) is 10.2 Å². The van der Waals surface area contributed by atoms with Crippen molar-refractivity contribution in [2.24, 2.45) is 11.1 Å². The molecule has 0 spiro atoms. The van der Waals surface area contributed by atoms with Crippen LogP contribution < -0.4 is 5.73 Å². The summed E-state index contributed by atoms with van der Waals surface area (Å²) in [5, 5.41) is 0. The molecule has 0 radical (unpaired) electrons. The Kier molecular flexibility index (Phi) is 2.53. The highest BCUT2D eigenvalue weighted by Crippen LogP contribution is 2.58. The van der Waals surface area contributed by atoms with E-state index in [0.717, 1.165) is 19.8 Å². The maximum Gasteiger partial charge on any atom is 0.0591 e. The molecule has 0 atom stereocenters. The molecule has 1 aliphatic carbocycles. The molecule has 0 unspecified atom stereocenters. The van der Waals surface area contributed by atoms with Gasteiger partial charge < -0.3 is 10.5 Å². The molecule has 2 aliphatic rings. The lowest BCUT2D eigenvalue weighted by Crippen LogP contribution is -2.64. The van der Waals surface area contributed by atoms with Crippen molar-refractivity contribution in [1.29, 1.82) is 0 Å². The summed E-state index contributed by atoms with van der Waals surface area (Å²) in [5.41, 5.74) is 9.45. The summed E-state index contributed by atoms with van der Waals surface area (Å²) in [5.74, 6) is 0. The van der Waals surface area contributed by atoms with Crippen molar-refractivity contribution >= 4 is 0 Å². The fourth-order valence-corrected chi connectivity index (χ4v) is 3.64. The summed E-state index contributed by atoms with van der Waals surface area (Å²) >= 11 is 0. The molecule has 1 saturated heterocycles. The van der Waals surface area contributed by atoms with E-state index in [1.54, 1.807) is 0 Å². The number of nitrogens with two attached hydrogens (primary N) is 1. The lowest BCUT2D eigenvalue weighted by atomic mass is 9.49. The van der Waals surface area contributed by atoms with Crippen molar-refractivity contribution in [1.82, 2.24) is 0 Å². The van der Waals surface area contributed by atoms with Crippen LogP contribution in [0.25, 0.3) is 0 Å². The fraction of sp³-hybridized carbons (Fsp3) is 0.600. The first-order valence-corrected chi connectivity index (χ1v) is 6.58. The molecule has 1 saturated carbocycles. The lowest BCUT2D eigenvalue weighted by Gasteiger charge is -2.60. The van der Waals surface area contributed by atoms with E-state index >= 15 is 0 Å². The van der Waals surface area contributed by atoms with Crippen molar-refractivity contribution in [2.45, 2.75) is 31.6 Å². The van der Waals surface area contributed by atoms with E-state index in [9.17, 15) is 0 Å². The second kappa shape index (κ2) is 3.82. The molecule has 92 valence electrons. The molecule has 1 aromatic carbocycles. The molecule has 2 fully saturated rings. The smallest absolute Gasteiger partial charge is 0.0591 e. The van der Waals surface area contributed by atoms with Crippen molar-refractivity contribution in [3.63, 3.8) is 0 Å². The molecule has 2 heteroatoms. The monoisotopic (exact) mass is 231 g/mol. The van der Waals surface area contributed by atoms with Gasteiger partial charge in [0.05, 0.1) is 13.2 Å². The van der Waals surface area contributed by atoms with Crippen LogP contribution in [0.4, 0.5) is 0 Å². The van der Waals surface area contributed by atoms with Crippen LogP contribution in [0.5, 0.6) is 0 Å². The largest absolute Gasteiger partial charge is 0.379 e. The molecule has 2 N–H and O–H groups in total. The Morgan fingerprint density at radius 2 is 1.94 bits per heavy atom. The van der Waals surface area contributed by atoms with Crippen molar-refractivity contribution < 1.29 is 4.74 Å². The van der Waals surface area contributed by atoms with Gasteiger partial charge in [-0.15, -0.1) is 0 Å². The Hall–Kier alpha value is -0.860.